The third-order valence-electron chi connectivity index (χ3n) is 3.60. The molecule has 1 aliphatic carbocycles. The van der Waals surface area contributed by atoms with E-state index in [9.17, 15) is 0 Å². The van der Waals surface area contributed by atoms with Gasteiger partial charge in [-0.3, -0.25) is 0 Å². The molecule has 0 saturated heterocycles. The molecular weight excluding hydrogens is 238 g/mol. The third kappa shape index (κ3) is 4.66. The van der Waals surface area contributed by atoms with Gasteiger partial charge in [0.15, 0.2) is 0 Å². The van der Waals surface area contributed by atoms with Crippen LogP contribution in [0, 0.1) is 5.41 Å². The van der Waals surface area contributed by atoms with Crippen LogP contribution in [0.5, 0.6) is 0 Å². The first kappa shape index (κ1) is 14.0. The van der Waals surface area contributed by atoms with E-state index in [1.54, 1.807) is 0 Å². The molecule has 2 heteroatoms. The lowest BCUT2D eigenvalue weighted by molar-refractivity contribution is 0.353. The van der Waals surface area contributed by atoms with Gasteiger partial charge in [0.2, 0.25) is 0 Å². The number of thioether (sulfide) groups is 1. The fourth-order valence-electron chi connectivity index (χ4n) is 2.05. The Bertz CT molecular complexity index is 362. The van der Waals surface area contributed by atoms with Gasteiger partial charge in [0, 0.05) is 17.0 Å². The Kier molecular flexibility index (Phi) is 4.39. The summed E-state index contributed by atoms with van der Waals surface area (Å²) >= 11 is 1.99. The summed E-state index contributed by atoms with van der Waals surface area (Å²) in [7, 11) is 0. The molecule has 1 aromatic carbocycles. The van der Waals surface area contributed by atoms with E-state index in [0.29, 0.717) is 5.41 Å². The molecule has 1 aromatic rings. The fourth-order valence-corrected chi connectivity index (χ4v) is 3.17. The van der Waals surface area contributed by atoms with Crippen LogP contribution in [0.25, 0.3) is 0 Å². The molecule has 2 rings (SSSR count). The van der Waals surface area contributed by atoms with E-state index in [0.717, 1.165) is 0 Å². The first-order valence-electron chi connectivity index (χ1n) is 6.92. The maximum atomic E-state index is 3.66. The van der Waals surface area contributed by atoms with Crippen LogP contribution in [0.4, 0.5) is 0 Å². The van der Waals surface area contributed by atoms with Gasteiger partial charge in [0.05, 0.1) is 0 Å². The molecule has 0 aliphatic heterocycles. The molecule has 0 unspecified atom stereocenters. The number of rotatable bonds is 6. The van der Waals surface area contributed by atoms with Crippen molar-refractivity contribution in [2.24, 2.45) is 5.41 Å². The molecule has 0 aromatic heterocycles. The van der Waals surface area contributed by atoms with E-state index in [4.69, 9.17) is 0 Å². The normalized spacial score (nSPS) is 17.7. The molecule has 0 spiro atoms. The SMILES string of the molecule is CC(C)(C)NCC1(CCSc2ccccc2)CC1. The average Bonchev–Trinajstić information content (AvgIpc) is 3.08. The van der Waals surface area contributed by atoms with Gasteiger partial charge in [-0.2, -0.15) is 0 Å². The molecule has 1 aliphatic rings. The van der Waals surface area contributed by atoms with Crippen molar-refractivity contribution in [1.82, 2.24) is 5.32 Å². The zero-order valence-corrected chi connectivity index (χ0v) is 12.6. The zero-order chi connectivity index (χ0) is 13.1. The standard InChI is InChI=1S/C16H25NS/c1-15(2,3)17-13-16(9-10-16)11-12-18-14-7-5-4-6-8-14/h4-8,17H,9-13H2,1-3H3. The summed E-state index contributed by atoms with van der Waals surface area (Å²) in [6, 6.07) is 10.7. The predicted octanol–water partition coefficient (Wildman–Crippen LogP) is 4.34. The van der Waals surface area contributed by atoms with Gasteiger partial charge in [0.1, 0.15) is 0 Å². The lowest BCUT2D eigenvalue weighted by atomic mass is 10.0. The second kappa shape index (κ2) is 5.66. The Balaban J connectivity index is 1.70. The average molecular weight is 263 g/mol. The van der Waals surface area contributed by atoms with E-state index in [-0.39, 0.29) is 5.54 Å². The summed E-state index contributed by atoms with van der Waals surface area (Å²) in [5.41, 5.74) is 0.858. The topological polar surface area (TPSA) is 12.0 Å². The van der Waals surface area contributed by atoms with Crippen LogP contribution in [0.2, 0.25) is 0 Å². The van der Waals surface area contributed by atoms with Gasteiger partial charge in [0.25, 0.3) is 0 Å². The van der Waals surface area contributed by atoms with Crippen LogP contribution in [0.15, 0.2) is 35.2 Å². The molecule has 0 radical (unpaired) electrons. The van der Waals surface area contributed by atoms with E-state index in [2.05, 4.69) is 56.4 Å². The summed E-state index contributed by atoms with van der Waals surface area (Å²) in [6.07, 6.45) is 4.16. The second-order valence-electron chi connectivity index (χ2n) is 6.52. The van der Waals surface area contributed by atoms with Crippen LogP contribution < -0.4 is 5.32 Å². The number of hydrogen-bond acceptors (Lipinski definition) is 2. The maximum Gasteiger partial charge on any atom is 0.00967 e. The highest BCUT2D eigenvalue weighted by atomic mass is 32.2. The van der Waals surface area contributed by atoms with Gasteiger partial charge in [-0.05, 0) is 63.3 Å². The highest BCUT2D eigenvalue weighted by molar-refractivity contribution is 7.99. The molecule has 100 valence electrons. The predicted molar refractivity (Wildman–Crippen MR) is 81.2 cm³/mol. The number of hydrogen-bond donors (Lipinski definition) is 1. The Morgan fingerprint density at radius 1 is 1.17 bits per heavy atom. The van der Waals surface area contributed by atoms with E-state index in [1.807, 2.05) is 11.8 Å². The minimum atomic E-state index is 0.252. The monoisotopic (exact) mass is 263 g/mol. The van der Waals surface area contributed by atoms with Crippen molar-refractivity contribution in [3.63, 3.8) is 0 Å². The van der Waals surface area contributed by atoms with Crippen molar-refractivity contribution < 1.29 is 0 Å². The second-order valence-corrected chi connectivity index (χ2v) is 7.68. The summed E-state index contributed by atoms with van der Waals surface area (Å²) in [4.78, 5) is 1.40. The van der Waals surface area contributed by atoms with Crippen molar-refractivity contribution in [1.29, 1.82) is 0 Å². The minimum absolute atomic E-state index is 0.252. The van der Waals surface area contributed by atoms with Gasteiger partial charge in [-0.1, -0.05) is 18.2 Å². The van der Waals surface area contributed by atoms with Crippen molar-refractivity contribution >= 4 is 11.8 Å². The Hall–Kier alpha value is -0.470. The molecule has 18 heavy (non-hydrogen) atoms. The molecule has 1 saturated carbocycles. The fraction of sp³-hybridized carbons (Fsp3) is 0.625. The summed E-state index contributed by atoms with van der Waals surface area (Å²) in [5.74, 6) is 1.25. The summed E-state index contributed by atoms with van der Waals surface area (Å²) in [6.45, 7) is 7.94. The maximum absolute atomic E-state index is 3.66. The van der Waals surface area contributed by atoms with Crippen LogP contribution in [-0.2, 0) is 0 Å². The molecular formula is C16H25NS. The quantitative estimate of drug-likeness (QED) is 0.766. The highest BCUT2D eigenvalue weighted by Crippen LogP contribution is 2.49. The molecule has 1 nitrogen and oxygen atoms in total. The first-order valence-corrected chi connectivity index (χ1v) is 7.91. The largest absolute Gasteiger partial charge is 0.312 e. The van der Waals surface area contributed by atoms with E-state index >= 15 is 0 Å². The van der Waals surface area contributed by atoms with Gasteiger partial charge in [-0.25, -0.2) is 0 Å². The van der Waals surface area contributed by atoms with Gasteiger partial charge in [-0.15, -0.1) is 11.8 Å². The first-order chi connectivity index (χ1) is 8.49. The Labute approximate surface area is 116 Å². The van der Waals surface area contributed by atoms with E-state index < -0.39 is 0 Å². The van der Waals surface area contributed by atoms with Crippen molar-refractivity contribution in [3.05, 3.63) is 30.3 Å². The molecule has 0 amide bonds. The third-order valence-corrected chi connectivity index (χ3v) is 4.61. The lowest BCUT2D eigenvalue weighted by Crippen LogP contribution is -2.39. The van der Waals surface area contributed by atoms with Crippen LogP contribution in [0.3, 0.4) is 0 Å². The van der Waals surface area contributed by atoms with Gasteiger partial charge >= 0.3 is 0 Å². The van der Waals surface area contributed by atoms with Crippen molar-refractivity contribution in [2.45, 2.75) is 50.5 Å². The minimum Gasteiger partial charge on any atom is -0.312 e. The van der Waals surface area contributed by atoms with Gasteiger partial charge < -0.3 is 5.32 Å². The van der Waals surface area contributed by atoms with E-state index in [1.165, 1.54) is 36.5 Å². The molecule has 0 heterocycles. The Morgan fingerprint density at radius 2 is 1.83 bits per heavy atom. The van der Waals surface area contributed by atoms with Crippen molar-refractivity contribution in [2.75, 3.05) is 12.3 Å². The van der Waals surface area contributed by atoms with Crippen LogP contribution in [0.1, 0.15) is 40.0 Å². The highest BCUT2D eigenvalue weighted by Gasteiger charge is 2.42. The summed E-state index contributed by atoms with van der Waals surface area (Å²) in [5, 5.41) is 3.66. The lowest BCUT2D eigenvalue weighted by Gasteiger charge is -2.25. The zero-order valence-electron chi connectivity index (χ0n) is 11.8. The molecule has 1 N–H and O–H groups in total. The molecule has 0 bridgehead atoms. The van der Waals surface area contributed by atoms with Crippen LogP contribution >= 0.6 is 11.8 Å². The molecule has 0 atom stereocenters. The smallest absolute Gasteiger partial charge is 0.00967 e. The summed E-state index contributed by atoms with van der Waals surface area (Å²) < 4.78 is 0. The van der Waals surface area contributed by atoms with Crippen LogP contribution in [-0.4, -0.2) is 17.8 Å². The van der Waals surface area contributed by atoms with Crippen molar-refractivity contribution in [3.8, 4) is 0 Å². The number of nitrogens with one attached hydrogen (secondary N) is 1. The number of benzene rings is 1. The Morgan fingerprint density at radius 3 is 2.39 bits per heavy atom. The molecule has 1 fully saturated rings.